The standard InChI is InChI=1S/C12H18N2O4/c1-9-5-4-6-11(12(9)14(16)17)13(2)7-10(15)8-18-3/h4-6,10,15H,7-8H2,1-3H3. The van der Waals surface area contributed by atoms with E-state index in [2.05, 4.69) is 0 Å². The van der Waals surface area contributed by atoms with Gasteiger partial charge in [-0.1, -0.05) is 12.1 Å². The maximum atomic E-state index is 11.1. The fourth-order valence-corrected chi connectivity index (χ4v) is 1.85. The van der Waals surface area contributed by atoms with E-state index in [1.54, 1.807) is 37.1 Å². The maximum Gasteiger partial charge on any atom is 0.295 e. The number of nitro benzene ring substituents is 1. The molecule has 1 aromatic carbocycles. The van der Waals surface area contributed by atoms with Gasteiger partial charge in [-0.3, -0.25) is 10.1 Å². The second-order valence-electron chi connectivity index (χ2n) is 4.19. The Labute approximate surface area is 106 Å². The van der Waals surface area contributed by atoms with Gasteiger partial charge in [-0.05, 0) is 13.0 Å². The minimum absolute atomic E-state index is 0.0737. The number of likely N-dealkylation sites (N-methyl/N-ethyl adjacent to an activating group) is 1. The number of aliphatic hydroxyl groups excluding tert-OH is 1. The first-order valence-electron chi connectivity index (χ1n) is 5.59. The summed E-state index contributed by atoms with van der Waals surface area (Å²) in [4.78, 5) is 12.3. The summed E-state index contributed by atoms with van der Waals surface area (Å²) < 4.78 is 4.83. The lowest BCUT2D eigenvalue weighted by atomic mass is 10.1. The Kier molecular flexibility index (Phi) is 5.06. The van der Waals surface area contributed by atoms with Gasteiger partial charge in [0.25, 0.3) is 5.69 Å². The lowest BCUT2D eigenvalue weighted by molar-refractivity contribution is -0.384. The van der Waals surface area contributed by atoms with Crippen LogP contribution in [0.25, 0.3) is 0 Å². The largest absolute Gasteiger partial charge is 0.389 e. The minimum Gasteiger partial charge on any atom is -0.389 e. The van der Waals surface area contributed by atoms with Crippen molar-refractivity contribution in [1.29, 1.82) is 0 Å². The summed E-state index contributed by atoms with van der Waals surface area (Å²) in [7, 11) is 3.21. The number of anilines is 1. The molecular weight excluding hydrogens is 236 g/mol. The molecule has 0 bridgehead atoms. The van der Waals surface area contributed by atoms with E-state index in [1.807, 2.05) is 0 Å². The van der Waals surface area contributed by atoms with Gasteiger partial charge in [0.2, 0.25) is 0 Å². The van der Waals surface area contributed by atoms with Crippen molar-refractivity contribution < 1.29 is 14.8 Å². The molecule has 1 N–H and O–H groups in total. The van der Waals surface area contributed by atoms with E-state index in [-0.39, 0.29) is 18.8 Å². The molecular formula is C12H18N2O4. The molecule has 0 radical (unpaired) electrons. The number of methoxy groups -OCH3 is 1. The molecule has 1 atom stereocenters. The van der Waals surface area contributed by atoms with E-state index in [9.17, 15) is 15.2 Å². The molecule has 100 valence electrons. The minimum atomic E-state index is -0.680. The first kappa shape index (κ1) is 14.4. The van der Waals surface area contributed by atoms with E-state index in [0.29, 0.717) is 11.3 Å². The summed E-state index contributed by atoms with van der Waals surface area (Å²) in [5.41, 5.74) is 1.17. The summed E-state index contributed by atoms with van der Waals surface area (Å²) >= 11 is 0. The molecule has 0 fully saturated rings. The molecule has 1 unspecified atom stereocenters. The zero-order valence-electron chi connectivity index (χ0n) is 10.8. The van der Waals surface area contributed by atoms with Crippen LogP contribution in [-0.2, 0) is 4.74 Å². The molecule has 1 aromatic rings. The van der Waals surface area contributed by atoms with Crippen LogP contribution in [0.5, 0.6) is 0 Å². The number of aryl methyl sites for hydroxylation is 1. The predicted octanol–water partition coefficient (Wildman–Crippen LogP) is 1.35. The smallest absolute Gasteiger partial charge is 0.295 e. The number of para-hydroxylation sites is 1. The summed E-state index contributed by atoms with van der Waals surface area (Å²) in [5.74, 6) is 0. The highest BCUT2D eigenvalue weighted by atomic mass is 16.6. The Balaban J connectivity index is 2.95. The number of aliphatic hydroxyl groups is 1. The van der Waals surface area contributed by atoms with Crippen LogP contribution in [0.1, 0.15) is 5.56 Å². The summed E-state index contributed by atoms with van der Waals surface area (Å²) in [5, 5.41) is 20.7. The number of hydrogen-bond donors (Lipinski definition) is 1. The second-order valence-corrected chi connectivity index (χ2v) is 4.19. The number of nitro groups is 1. The molecule has 0 aliphatic rings. The van der Waals surface area contributed by atoms with E-state index < -0.39 is 11.0 Å². The first-order chi connectivity index (χ1) is 8.47. The van der Waals surface area contributed by atoms with E-state index in [0.717, 1.165) is 0 Å². The topological polar surface area (TPSA) is 75.8 Å². The number of hydrogen-bond acceptors (Lipinski definition) is 5. The maximum absolute atomic E-state index is 11.1. The molecule has 0 heterocycles. The molecule has 18 heavy (non-hydrogen) atoms. The van der Waals surface area contributed by atoms with Crippen molar-refractivity contribution in [2.24, 2.45) is 0 Å². The van der Waals surface area contributed by atoms with Crippen molar-refractivity contribution in [2.45, 2.75) is 13.0 Å². The van der Waals surface area contributed by atoms with Gasteiger partial charge in [0.15, 0.2) is 0 Å². The lowest BCUT2D eigenvalue weighted by Crippen LogP contribution is -2.32. The number of nitrogens with zero attached hydrogens (tertiary/aromatic N) is 2. The van der Waals surface area contributed by atoms with E-state index in [1.165, 1.54) is 7.11 Å². The monoisotopic (exact) mass is 254 g/mol. The fraction of sp³-hybridized carbons (Fsp3) is 0.500. The van der Waals surface area contributed by atoms with Gasteiger partial charge in [-0.15, -0.1) is 0 Å². The SMILES string of the molecule is COCC(O)CN(C)c1cccc(C)c1[N+](=O)[O-]. The van der Waals surface area contributed by atoms with Crippen LogP contribution in [0.3, 0.4) is 0 Å². The first-order valence-corrected chi connectivity index (χ1v) is 5.59. The van der Waals surface area contributed by atoms with Gasteiger partial charge in [0, 0.05) is 26.3 Å². The third-order valence-electron chi connectivity index (χ3n) is 2.65. The van der Waals surface area contributed by atoms with Crippen molar-refractivity contribution in [2.75, 3.05) is 32.2 Å². The van der Waals surface area contributed by atoms with Crippen molar-refractivity contribution in [3.05, 3.63) is 33.9 Å². The number of benzene rings is 1. The van der Waals surface area contributed by atoms with Crippen LogP contribution in [0, 0.1) is 17.0 Å². The van der Waals surface area contributed by atoms with Crippen molar-refractivity contribution in [3.63, 3.8) is 0 Å². The molecule has 0 aliphatic carbocycles. The van der Waals surface area contributed by atoms with Gasteiger partial charge in [-0.2, -0.15) is 0 Å². The average Bonchev–Trinajstić information content (AvgIpc) is 2.28. The molecule has 0 aromatic heterocycles. The Hall–Kier alpha value is -1.66. The molecule has 0 saturated heterocycles. The van der Waals surface area contributed by atoms with Gasteiger partial charge < -0.3 is 14.7 Å². The summed E-state index contributed by atoms with van der Waals surface area (Å²) in [6, 6.07) is 5.13. The van der Waals surface area contributed by atoms with Gasteiger partial charge in [0.05, 0.1) is 17.6 Å². The van der Waals surface area contributed by atoms with Crippen molar-refractivity contribution in [3.8, 4) is 0 Å². The highest BCUT2D eigenvalue weighted by Gasteiger charge is 2.20. The second kappa shape index (κ2) is 6.32. The van der Waals surface area contributed by atoms with Crippen molar-refractivity contribution >= 4 is 11.4 Å². The van der Waals surface area contributed by atoms with E-state index >= 15 is 0 Å². The zero-order chi connectivity index (χ0) is 13.7. The molecule has 6 nitrogen and oxygen atoms in total. The highest BCUT2D eigenvalue weighted by Crippen LogP contribution is 2.30. The van der Waals surface area contributed by atoms with Crippen LogP contribution >= 0.6 is 0 Å². The van der Waals surface area contributed by atoms with E-state index in [4.69, 9.17) is 4.74 Å². The molecule has 0 amide bonds. The fourth-order valence-electron chi connectivity index (χ4n) is 1.85. The van der Waals surface area contributed by atoms with Gasteiger partial charge >= 0.3 is 0 Å². The van der Waals surface area contributed by atoms with Crippen LogP contribution in [0.15, 0.2) is 18.2 Å². The summed E-state index contributed by atoms with van der Waals surface area (Å²) in [6.45, 7) is 2.17. The number of rotatable bonds is 6. The van der Waals surface area contributed by atoms with Crippen molar-refractivity contribution in [1.82, 2.24) is 0 Å². The van der Waals surface area contributed by atoms with Gasteiger partial charge in [-0.25, -0.2) is 0 Å². The molecule has 0 saturated carbocycles. The Bertz CT molecular complexity index is 423. The predicted molar refractivity (Wildman–Crippen MR) is 69.0 cm³/mol. The van der Waals surface area contributed by atoms with Crippen LogP contribution in [-0.4, -0.2) is 43.4 Å². The molecule has 6 heteroatoms. The molecule has 1 rings (SSSR count). The molecule has 0 spiro atoms. The quantitative estimate of drug-likeness (QED) is 0.612. The normalized spacial score (nSPS) is 12.2. The lowest BCUT2D eigenvalue weighted by Gasteiger charge is -2.22. The summed E-state index contributed by atoms with van der Waals surface area (Å²) in [6.07, 6.45) is -0.680. The van der Waals surface area contributed by atoms with Crippen LogP contribution in [0.2, 0.25) is 0 Å². The third-order valence-corrected chi connectivity index (χ3v) is 2.65. The van der Waals surface area contributed by atoms with Gasteiger partial charge in [0.1, 0.15) is 5.69 Å². The average molecular weight is 254 g/mol. The third kappa shape index (κ3) is 3.41. The Morgan fingerprint density at radius 3 is 2.78 bits per heavy atom. The molecule has 0 aliphatic heterocycles. The highest BCUT2D eigenvalue weighted by molar-refractivity contribution is 5.66. The Morgan fingerprint density at radius 1 is 1.56 bits per heavy atom. The van der Waals surface area contributed by atoms with Crippen LogP contribution < -0.4 is 4.90 Å². The Morgan fingerprint density at radius 2 is 2.22 bits per heavy atom. The number of ether oxygens (including phenoxy) is 1. The van der Waals surface area contributed by atoms with Crippen LogP contribution in [0.4, 0.5) is 11.4 Å². The zero-order valence-corrected chi connectivity index (χ0v) is 10.8.